The normalized spacial score (nSPS) is 15.8. The first kappa shape index (κ1) is 20.3. The number of nitrogens with zero attached hydrogens (tertiary/aromatic N) is 1. The minimum Gasteiger partial charge on any atom is -0.493 e. The van der Waals surface area contributed by atoms with Crippen LogP contribution in [0.1, 0.15) is 26.9 Å². The second-order valence-corrected chi connectivity index (χ2v) is 8.10. The van der Waals surface area contributed by atoms with Crippen molar-refractivity contribution in [3.8, 4) is 11.5 Å². The molecule has 0 radical (unpaired) electrons. The molecule has 0 aromatic heterocycles. The maximum Gasteiger partial charge on any atom is 0.255 e. The van der Waals surface area contributed by atoms with Crippen molar-refractivity contribution in [3.05, 3.63) is 95.3 Å². The van der Waals surface area contributed by atoms with Crippen molar-refractivity contribution in [2.45, 2.75) is 12.0 Å². The smallest absolute Gasteiger partial charge is 0.255 e. The average Bonchev–Trinajstić information content (AvgIpc) is 3.28. The highest BCUT2D eigenvalue weighted by molar-refractivity contribution is 7.99. The van der Waals surface area contributed by atoms with Gasteiger partial charge in [-0.1, -0.05) is 36.4 Å². The Hall–Kier alpha value is -2.99. The quantitative estimate of drug-likeness (QED) is 0.539. The minimum atomic E-state index is -0.353. The lowest BCUT2D eigenvalue weighted by Gasteiger charge is -2.25. The molecule has 1 aliphatic heterocycles. The van der Waals surface area contributed by atoms with Gasteiger partial charge in [0, 0.05) is 17.9 Å². The van der Waals surface area contributed by atoms with Crippen molar-refractivity contribution in [2.75, 3.05) is 19.4 Å². The van der Waals surface area contributed by atoms with Gasteiger partial charge in [-0.05, 0) is 47.5 Å². The molecule has 3 aromatic rings. The van der Waals surface area contributed by atoms with E-state index in [4.69, 9.17) is 9.47 Å². The van der Waals surface area contributed by atoms with Crippen molar-refractivity contribution in [1.29, 1.82) is 0 Å². The Labute approximate surface area is 179 Å². The second-order valence-electron chi connectivity index (χ2n) is 6.91. The molecule has 0 unspecified atom stereocenters. The Balaban J connectivity index is 1.56. The van der Waals surface area contributed by atoms with Gasteiger partial charge in [-0.3, -0.25) is 4.79 Å². The van der Waals surface area contributed by atoms with E-state index >= 15 is 0 Å². The summed E-state index contributed by atoms with van der Waals surface area (Å²) in [4.78, 5) is 14.8. The summed E-state index contributed by atoms with van der Waals surface area (Å²) in [6.07, 6.45) is 0. The summed E-state index contributed by atoms with van der Waals surface area (Å²) in [5.41, 5.74) is 2.52. The molecule has 1 atom stereocenters. The van der Waals surface area contributed by atoms with E-state index in [1.165, 1.54) is 24.3 Å². The Bertz CT molecular complexity index is 1010. The van der Waals surface area contributed by atoms with Gasteiger partial charge >= 0.3 is 0 Å². The maximum absolute atomic E-state index is 13.2. The van der Waals surface area contributed by atoms with Crippen molar-refractivity contribution in [2.24, 2.45) is 0 Å². The maximum atomic E-state index is 13.2. The van der Waals surface area contributed by atoms with Crippen molar-refractivity contribution >= 4 is 17.7 Å². The fourth-order valence-corrected chi connectivity index (χ4v) is 4.65. The molecule has 30 heavy (non-hydrogen) atoms. The summed E-state index contributed by atoms with van der Waals surface area (Å²) in [6, 6.07) is 21.4. The van der Waals surface area contributed by atoms with E-state index in [0.717, 1.165) is 16.9 Å². The number of methoxy groups -OCH3 is 1. The highest BCUT2D eigenvalue weighted by atomic mass is 32.2. The molecule has 154 valence electrons. The number of hydrogen-bond acceptors (Lipinski definition) is 4. The molecule has 6 heteroatoms. The number of carbonyl (C=O) groups excluding carboxylic acids is 1. The molecule has 0 spiro atoms. The van der Waals surface area contributed by atoms with Gasteiger partial charge in [-0.2, -0.15) is 0 Å². The third kappa shape index (κ3) is 4.44. The SMILES string of the molecule is COc1ccc([C@H]2SCCN2C(=O)c2ccc(F)cc2)cc1OCc1ccccc1. The number of hydrogen-bond donors (Lipinski definition) is 0. The lowest BCUT2D eigenvalue weighted by molar-refractivity contribution is 0.0760. The summed E-state index contributed by atoms with van der Waals surface area (Å²) < 4.78 is 24.7. The third-order valence-corrected chi connectivity index (χ3v) is 6.21. The zero-order valence-corrected chi connectivity index (χ0v) is 17.4. The molecule has 0 bridgehead atoms. The second kappa shape index (κ2) is 9.22. The predicted molar refractivity (Wildman–Crippen MR) is 116 cm³/mol. The molecule has 1 heterocycles. The molecular weight excluding hydrogens is 401 g/mol. The lowest BCUT2D eigenvalue weighted by Crippen LogP contribution is -2.30. The molecule has 1 fully saturated rings. The van der Waals surface area contributed by atoms with Crippen LogP contribution in [0.25, 0.3) is 0 Å². The van der Waals surface area contributed by atoms with E-state index in [0.29, 0.717) is 30.2 Å². The van der Waals surface area contributed by atoms with E-state index in [-0.39, 0.29) is 17.1 Å². The first-order valence-corrected chi connectivity index (χ1v) is 10.7. The number of halogens is 1. The number of amides is 1. The highest BCUT2D eigenvalue weighted by Gasteiger charge is 2.32. The van der Waals surface area contributed by atoms with Crippen LogP contribution >= 0.6 is 11.8 Å². The molecule has 0 aliphatic carbocycles. The minimum absolute atomic E-state index is 0.104. The van der Waals surface area contributed by atoms with Crippen LogP contribution < -0.4 is 9.47 Å². The number of thioether (sulfide) groups is 1. The van der Waals surface area contributed by atoms with E-state index in [9.17, 15) is 9.18 Å². The van der Waals surface area contributed by atoms with Crippen LogP contribution in [0, 0.1) is 5.82 Å². The molecule has 4 rings (SSSR count). The number of ether oxygens (including phenoxy) is 2. The molecule has 0 saturated carbocycles. The molecule has 1 saturated heterocycles. The summed E-state index contributed by atoms with van der Waals surface area (Å²) in [6.45, 7) is 1.06. The molecule has 1 amide bonds. The summed E-state index contributed by atoms with van der Waals surface area (Å²) >= 11 is 1.70. The van der Waals surface area contributed by atoms with Crippen molar-refractivity contribution in [3.63, 3.8) is 0 Å². The van der Waals surface area contributed by atoms with Gasteiger partial charge in [0.25, 0.3) is 5.91 Å². The van der Waals surface area contributed by atoms with Crippen LogP contribution in [0.3, 0.4) is 0 Å². The number of rotatable bonds is 6. The first-order chi connectivity index (χ1) is 14.7. The third-order valence-electron chi connectivity index (χ3n) is 4.95. The van der Waals surface area contributed by atoms with Gasteiger partial charge < -0.3 is 14.4 Å². The first-order valence-electron chi connectivity index (χ1n) is 9.68. The predicted octanol–water partition coefficient (Wildman–Crippen LogP) is 5.30. The molecule has 0 N–H and O–H groups in total. The van der Waals surface area contributed by atoms with Crippen molar-refractivity contribution in [1.82, 2.24) is 4.90 Å². The van der Waals surface area contributed by atoms with Gasteiger partial charge in [0.2, 0.25) is 0 Å². The fraction of sp³-hybridized carbons (Fsp3) is 0.208. The molecule has 3 aromatic carbocycles. The van der Waals surface area contributed by atoms with Gasteiger partial charge in [-0.25, -0.2) is 4.39 Å². The Kier molecular flexibility index (Phi) is 6.23. The van der Waals surface area contributed by atoms with Gasteiger partial charge in [-0.15, -0.1) is 11.8 Å². The lowest BCUT2D eigenvalue weighted by atomic mass is 10.1. The Morgan fingerprint density at radius 2 is 1.83 bits per heavy atom. The molecule has 1 aliphatic rings. The van der Waals surface area contributed by atoms with Crippen LogP contribution in [-0.2, 0) is 6.61 Å². The zero-order valence-electron chi connectivity index (χ0n) is 16.6. The Morgan fingerprint density at radius 3 is 2.57 bits per heavy atom. The van der Waals surface area contributed by atoms with Crippen molar-refractivity contribution < 1.29 is 18.7 Å². The standard InChI is InChI=1S/C24H22FNO3S/c1-28-21-12-9-19(15-22(21)29-16-17-5-3-2-4-6-17)24-26(13-14-30-24)23(27)18-7-10-20(25)11-8-18/h2-12,15,24H,13-14,16H2,1H3/t24-/m1/s1. The molecular formula is C24H22FNO3S. The Morgan fingerprint density at radius 1 is 1.07 bits per heavy atom. The summed E-state index contributed by atoms with van der Waals surface area (Å²) in [5, 5.41) is -0.132. The van der Waals surface area contributed by atoms with E-state index < -0.39 is 0 Å². The van der Waals surface area contributed by atoms with E-state index in [1.807, 2.05) is 53.4 Å². The van der Waals surface area contributed by atoms with Crippen LogP contribution in [-0.4, -0.2) is 30.2 Å². The van der Waals surface area contributed by atoms with Gasteiger partial charge in [0.15, 0.2) is 11.5 Å². The largest absolute Gasteiger partial charge is 0.493 e. The van der Waals surface area contributed by atoms with Gasteiger partial charge in [0.1, 0.15) is 17.8 Å². The monoisotopic (exact) mass is 423 g/mol. The molecule has 4 nitrogen and oxygen atoms in total. The highest BCUT2D eigenvalue weighted by Crippen LogP contribution is 2.41. The van der Waals surface area contributed by atoms with Gasteiger partial charge in [0.05, 0.1) is 7.11 Å². The topological polar surface area (TPSA) is 38.8 Å². The van der Waals surface area contributed by atoms with Crippen LogP contribution in [0.5, 0.6) is 11.5 Å². The van der Waals surface area contributed by atoms with Crippen LogP contribution in [0.2, 0.25) is 0 Å². The summed E-state index contributed by atoms with van der Waals surface area (Å²) in [5.74, 6) is 1.67. The summed E-state index contributed by atoms with van der Waals surface area (Å²) in [7, 11) is 1.61. The van der Waals surface area contributed by atoms with E-state index in [2.05, 4.69) is 0 Å². The number of carbonyl (C=O) groups is 1. The zero-order chi connectivity index (χ0) is 20.9. The average molecular weight is 424 g/mol. The van der Waals surface area contributed by atoms with E-state index in [1.54, 1.807) is 18.9 Å². The van der Waals surface area contributed by atoms with Crippen LogP contribution in [0.15, 0.2) is 72.8 Å². The number of benzene rings is 3. The fourth-order valence-electron chi connectivity index (χ4n) is 3.41. The van der Waals surface area contributed by atoms with Crippen LogP contribution in [0.4, 0.5) is 4.39 Å².